The molecular formula is C15H26N2O2. The zero-order valence-corrected chi connectivity index (χ0v) is 12.3. The molecule has 1 rings (SSSR count). The van der Waals surface area contributed by atoms with Gasteiger partial charge in [0.05, 0.1) is 12.2 Å². The smallest absolute Gasteiger partial charge is 0.335 e. The van der Waals surface area contributed by atoms with Gasteiger partial charge in [-0.05, 0) is 46.2 Å². The number of rotatable bonds is 6. The van der Waals surface area contributed by atoms with E-state index in [9.17, 15) is 4.79 Å². The molecule has 1 N–H and O–H groups in total. The van der Waals surface area contributed by atoms with Gasteiger partial charge >= 0.3 is 5.97 Å². The van der Waals surface area contributed by atoms with Gasteiger partial charge in [-0.1, -0.05) is 12.2 Å². The van der Waals surface area contributed by atoms with Gasteiger partial charge in [0, 0.05) is 19.3 Å². The third kappa shape index (κ3) is 5.47. The van der Waals surface area contributed by atoms with Gasteiger partial charge < -0.3 is 15.0 Å². The van der Waals surface area contributed by atoms with E-state index in [1.54, 1.807) is 0 Å². The first-order valence-corrected chi connectivity index (χ1v) is 7.10. The molecule has 0 unspecified atom stereocenters. The van der Waals surface area contributed by atoms with Crippen LogP contribution in [0.5, 0.6) is 0 Å². The van der Waals surface area contributed by atoms with Crippen molar-refractivity contribution in [2.75, 3.05) is 26.7 Å². The van der Waals surface area contributed by atoms with Crippen LogP contribution in [0.4, 0.5) is 0 Å². The van der Waals surface area contributed by atoms with Crippen molar-refractivity contribution < 1.29 is 9.53 Å². The maximum absolute atomic E-state index is 11.9. The summed E-state index contributed by atoms with van der Waals surface area (Å²) in [5.74, 6) is -0.207. The number of piperidine rings is 1. The first-order valence-electron chi connectivity index (χ1n) is 7.10. The highest BCUT2D eigenvalue weighted by Gasteiger charge is 2.17. The van der Waals surface area contributed by atoms with Gasteiger partial charge in [0.15, 0.2) is 0 Å². The number of carbonyl (C=O) groups excluding carboxylic acids is 1. The molecule has 0 amide bonds. The molecule has 108 valence electrons. The van der Waals surface area contributed by atoms with Crippen LogP contribution in [0.3, 0.4) is 0 Å². The van der Waals surface area contributed by atoms with Crippen LogP contribution in [-0.4, -0.2) is 43.7 Å². The van der Waals surface area contributed by atoms with E-state index in [1.807, 2.05) is 39.2 Å². The molecule has 1 aliphatic heterocycles. The van der Waals surface area contributed by atoms with Crippen molar-refractivity contribution in [1.29, 1.82) is 0 Å². The van der Waals surface area contributed by atoms with Gasteiger partial charge in [-0.2, -0.15) is 0 Å². The van der Waals surface area contributed by atoms with E-state index in [4.69, 9.17) is 4.74 Å². The number of nitrogens with one attached hydrogen (secondary N) is 1. The van der Waals surface area contributed by atoms with Crippen LogP contribution in [0.15, 0.2) is 23.9 Å². The number of ether oxygens (including phenoxy) is 1. The van der Waals surface area contributed by atoms with Crippen LogP contribution in [0.2, 0.25) is 0 Å². The van der Waals surface area contributed by atoms with E-state index in [0.717, 1.165) is 31.5 Å². The van der Waals surface area contributed by atoms with Crippen LogP contribution in [-0.2, 0) is 9.53 Å². The Morgan fingerprint density at radius 3 is 2.68 bits per heavy atom. The average molecular weight is 266 g/mol. The topological polar surface area (TPSA) is 41.6 Å². The zero-order valence-electron chi connectivity index (χ0n) is 12.3. The Hall–Kier alpha value is -1.29. The lowest BCUT2D eigenvalue weighted by atomic mass is 10.1. The van der Waals surface area contributed by atoms with Crippen molar-refractivity contribution >= 4 is 5.97 Å². The number of esters is 1. The van der Waals surface area contributed by atoms with Gasteiger partial charge in [-0.15, -0.1) is 0 Å². The molecule has 0 aromatic carbocycles. The molecule has 0 aromatic heterocycles. The predicted molar refractivity (Wildman–Crippen MR) is 77.8 cm³/mol. The Bertz CT molecular complexity index is 331. The molecule has 0 radical (unpaired) electrons. The van der Waals surface area contributed by atoms with E-state index >= 15 is 0 Å². The van der Waals surface area contributed by atoms with E-state index in [0.29, 0.717) is 19.1 Å². The normalized spacial score (nSPS) is 17.7. The number of hydrogen-bond acceptors (Lipinski definition) is 4. The monoisotopic (exact) mass is 266 g/mol. The lowest BCUT2D eigenvalue weighted by molar-refractivity contribution is -0.138. The summed E-state index contributed by atoms with van der Waals surface area (Å²) < 4.78 is 5.11. The van der Waals surface area contributed by atoms with Crippen molar-refractivity contribution in [3.05, 3.63) is 23.9 Å². The first-order chi connectivity index (χ1) is 9.19. The highest BCUT2D eigenvalue weighted by molar-refractivity contribution is 5.88. The Morgan fingerprint density at radius 2 is 2.11 bits per heavy atom. The quantitative estimate of drug-likeness (QED) is 0.454. The third-order valence-corrected chi connectivity index (χ3v) is 3.36. The molecule has 1 heterocycles. The summed E-state index contributed by atoms with van der Waals surface area (Å²) in [5.41, 5.74) is 0.723. The van der Waals surface area contributed by atoms with E-state index < -0.39 is 0 Å². The highest BCUT2D eigenvalue weighted by atomic mass is 16.5. The van der Waals surface area contributed by atoms with Gasteiger partial charge in [-0.25, -0.2) is 4.79 Å². The summed E-state index contributed by atoms with van der Waals surface area (Å²) in [7, 11) is 2.05. The standard InChI is InChI=1S/C15H26N2O2/c1-4-6-7-13(15(18)19-5-2)12-17(3)14-8-10-16-11-9-14/h4,6,12,14,16H,5,7-11H2,1-3H3/b6-4?,13-12+. The van der Waals surface area contributed by atoms with Crippen LogP contribution < -0.4 is 5.32 Å². The predicted octanol–water partition coefficient (Wildman–Crippen LogP) is 2.08. The minimum Gasteiger partial charge on any atom is -0.463 e. The Balaban J connectivity index is 2.70. The Morgan fingerprint density at radius 1 is 1.42 bits per heavy atom. The minimum atomic E-state index is -0.207. The molecule has 4 nitrogen and oxygen atoms in total. The summed E-state index contributed by atoms with van der Waals surface area (Å²) in [5, 5.41) is 3.35. The fourth-order valence-corrected chi connectivity index (χ4v) is 2.22. The van der Waals surface area contributed by atoms with Crippen molar-refractivity contribution in [2.45, 2.75) is 39.2 Å². The van der Waals surface area contributed by atoms with Crippen LogP contribution >= 0.6 is 0 Å². The van der Waals surface area contributed by atoms with E-state index in [1.165, 1.54) is 0 Å². The summed E-state index contributed by atoms with van der Waals surface area (Å²) in [6.45, 7) is 6.31. The van der Waals surface area contributed by atoms with Crippen molar-refractivity contribution in [3.63, 3.8) is 0 Å². The van der Waals surface area contributed by atoms with Gasteiger partial charge in [0.25, 0.3) is 0 Å². The number of hydrogen-bond donors (Lipinski definition) is 1. The molecule has 0 saturated carbocycles. The first kappa shape index (κ1) is 15.8. The maximum atomic E-state index is 11.9. The van der Waals surface area contributed by atoms with Crippen molar-refractivity contribution in [1.82, 2.24) is 10.2 Å². The molecule has 19 heavy (non-hydrogen) atoms. The average Bonchev–Trinajstić information content (AvgIpc) is 2.44. The number of allylic oxidation sites excluding steroid dienone is 2. The third-order valence-electron chi connectivity index (χ3n) is 3.36. The number of nitrogens with zero attached hydrogens (tertiary/aromatic N) is 1. The summed E-state index contributed by atoms with van der Waals surface area (Å²) in [6, 6.07) is 0.510. The fraction of sp³-hybridized carbons (Fsp3) is 0.667. The van der Waals surface area contributed by atoms with Crippen LogP contribution in [0.25, 0.3) is 0 Å². The molecular weight excluding hydrogens is 240 g/mol. The van der Waals surface area contributed by atoms with E-state index in [2.05, 4.69) is 10.2 Å². The van der Waals surface area contributed by atoms with Crippen LogP contribution in [0, 0.1) is 0 Å². The van der Waals surface area contributed by atoms with Crippen LogP contribution in [0.1, 0.15) is 33.1 Å². The minimum absolute atomic E-state index is 0.207. The lowest BCUT2D eigenvalue weighted by Gasteiger charge is -2.31. The summed E-state index contributed by atoms with van der Waals surface area (Å²) in [6.07, 6.45) is 8.76. The number of carbonyl (C=O) groups is 1. The molecule has 0 aliphatic carbocycles. The second-order valence-corrected chi connectivity index (χ2v) is 4.79. The largest absolute Gasteiger partial charge is 0.463 e. The SMILES string of the molecule is CC=CC/C(=C\N(C)C1CCNCC1)C(=O)OCC. The second-order valence-electron chi connectivity index (χ2n) is 4.79. The fourth-order valence-electron chi connectivity index (χ4n) is 2.22. The molecule has 4 heteroatoms. The summed E-state index contributed by atoms with van der Waals surface area (Å²) in [4.78, 5) is 14.1. The van der Waals surface area contributed by atoms with Crippen molar-refractivity contribution in [3.8, 4) is 0 Å². The molecule has 1 fully saturated rings. The maximum Gasteiger partial charge on any atom is 0.335 e. The van der Waals surface area contributed by atoms with Crippen molar-refractivity contribution in [2.24, 2.45) is 0 Å². The Kier molecular flexibility index (Phi) is 7.26. The molecule has 0 atom stereocenters. The lowest BCUT2D eigenvalue weighted by Crippen LogP contribution is -2.39. The van der Waals surface area contributed by atoms with Gasteiger partial charge in [0.2, 0.25) is 0 Å². The summed E-state index contributed by atoms with van der Waals surface area (Å²) >= 11 is 0. The molecule has 1 saturated heterocycles. The molecule has 1 aliphatic rings. The second kappa shape index (κ2) is 8.75. The highest BCUT2D eigenvalue weighted by Crippen LogP contribution is 2.14. The zero-order chi connectivity index (χ0) is 14.1. The molecule has 0 aromatic rings. The molecule has 0 spiro atoms. The molecule has 0 bridgehead atoms. The Labute approximate surface area is 116 Å². The van der Waals surface area contributed by atoms with Gasteiger partial charge in [-0.3, -0.25) is 0 Å². The van der Waals surface area contributed by atoms with E-state index in [-0.39, 0.29) is 5.97 Å². The van der Waals surface area contributed by atoms with Gasteiger partial charge in [0.1, 0.15) is 0 Å².